The molecule has 1 aromatic heterocycles. The number of hydrogen-bond donors (Lipinski definition) is 2. The standard InChI is InChI=1S/C20H22ClNO5S/c1-26-20(25)19-17(27-15(24)11-23)16(21)18(28-19)12-6-5-9-14(10-12)22-13-7-3-2-4-8-13/h5-6,9-10,13,22-23H,2-4,7-8,11H2,1H3. The minimum atomic E-state index is -0.899. The Kier molecular flexibility index (Phi) is 6.93. The van der Waals surface area contributed by atoms with E-state index in [4.69, 9.17) is 26.2 Å². The van der Waals surface area contributed by atoms with E-state index in [1.165, 1.54) is 26.4 Å². The van der Waals surface area contributed by atoms with E-state index in [0.717, 1.165) is 35.4 Å². The summed E-state index contributed by atoms with van der Waals surface area (Å²) in [7, 11) is 1.24. The monoisotopic (exact) mass is 423 g/mol. The fraction of sp³-hybridized carbons (Fsp3) is 0.400. The van der Waals surface area contributed by atoms with Gasteiger partial charge in [-0.3, -0.25) is 0 Å². The van der Waals surface area contributed by atoms with Crippen molar-refractivity contribution in [3.05, 3.63) is 34.2 Å². The molecule has 8 heteroatoms. The van der Waals surface area contributed by atoms with Gasteiger partial charge in [-0.05, 0) is 30.5 Å². The lowest BCUT2D eigenvalue weighted by Crippen LogP contribution is -2.22. The van der Waals surface area contributed by atoms with Gasteiger partial charge in [-0.15, -0.1) is 11.3 Å². The van der Waals surface area contributed by atoms with E-state index < -0.39 is 18.5 Å². The number of ether oxygens (including phenoxy) is 2. The van der Waals surface area contributed by atoms with Crippen molar-refractivity contribution in [2.45, 2.75) is 38.1 Å². The summed E-state index contributed by atoms with van der Waals surface area (Å²) in [5.74, 6) is -1.64. The van der Waals surface area contributed by atoms with E-state index in [2.05, 4.69) is 5.32 Å². The Balaban J connectivity index is 1.93. The topological polar surface area (TPSA) is 84.9 Å². The van der Waals surface area contributed by atoms with Gasteiger partial charge in [0.15, 0.2) is 10.6 Å². The van der Waals surface area contributed by atoms with Gasteiger partial charge in [0.1, 0.15) is 11.6 Å². The molecule has 0 radical (unpaired) electrons. The van der Waals surface area contributed by atoms with Crippen LogP contribution in [0.2, 0.25) is 5.02 Å². The minimum absolute atomic E-state index is 0.0787. The van der Waals surface area contributed by atoms with Crippen LogP contribution in [0.3, 0.4) is 0 Å². The maximum atomic E-state index is 12.1. The predicted octanol–water partition coefficient (Wildman–Crippen LogP) is 4.50. The number of anilines is 1. The van der Waals surface area contributed by atoms with E-state index in [-0.39, 0.29) is 15.6 Å². The third kappa shape index (κ3) is 4.66. The van der Waals surface area contributed by atoms with Gasteiger partial charge < -0.3 is 19.9 Å². The second-order valence-corrected chi connectivity index (χ2v) is 7.99. The van der Waals surface area contributed by atoms with Crippen molar-refractivity contribution in [2.75, 3.05) is 19.0 Å². The Bertz CT molecular complexity index is 860. The number of thiophene rings is 1. The molecule has 1 fully saturated rings. The van der Waals surface area contributed by atoms with E-state index in [1.807, 2.05) is 24.3 Å². The summed E-state index contributed by atoms with van der Waals surface area (Å²) < 4.78 is 9.84. The van der Waals surface area contributed by atoms with Gasteiger partial charge in [0.2, 0.25) is 0 Å². The van der Waals surface area contributed by atoms with Gasteiger partial charge in [0, 0.05) is 11.7 Å². The Labute approximate surface area is 172 Å². The number of esters is 2. The maximum Gasteiger partial charge on any atom is 0.351 e. The van der Waals surface area contributed by atoms with Crippen molar-refractivity contribution in [2.24, 2.45) is 0 Å². The zero-order valence-corrected chi connectivity index (χ0v) is 17.1. The second-order valence-electron chi connectivity index (χ2n) is 6.59. The van der Waals surface area contributed by atoms with Crippen LogP contribution in [0.15, 0.2) is 24.3 Å². The van der Waals surface area contributed by atoms with Crippen LogP contribution in [0.1, 0.15) is 41.8 Å². The number of aliphatic hydroxyl groups is 1. The van der Waals surface area contributed by atoms with E-state index in [0.29, 0.717) is 10.9 Å². The molecule has 6 nitrogen and oxygen atoms in total. The summed E-state index contributed by atoms with van der Waals surface area (Å²) >= 11 is 7.52. The predicted molar refractivity (Wildman–Crippen MR) is 109 cm³/mol. The number of methoxy groups -OCH3 is 1. The summed E-state index contributed by atoms with van der Waals surface area (Å²) in [6.45, 7) is -0.817. The quantitative estimate of drug-likeness (QED) is 0.665. The first-order valence-electron chi connectivity index (χ1n) is 9.12. The van der Waals surface area contributed by atoms with Crippen LogP contribution in [0, 0.1) is 0 Å². The molecule has 2 N–H and O–H groups in total. The molecule has 1 aromatic carbocycles. The number of hydrogen-bond acceptors (Lipinski definition) is 7. The van der Waals surface area contributed by atoms with Crippen molar-refractivity contribution in [1.29, 1.82) is 0 Å². The molecule has 0 spiro atoms. The van der Waals surface area contributed by atoms with Crippen molar-refractivity contribution in [3.8, 4) is 16.2 Å². The summed E-state index contributed by atoms with van der Waals surface area (Å²) in [6.07, 6.45) is 6.05. The second kappa shape index (κ2) is 9.41. The molecule has 0 unspecified atom stereocenters. The zero-order chi connectivity index (χ0) is 20.1. The molecule has 0 aliphatic heterocycles. The molecular weight excluding hydrogens is 402 g/mol. The van der Waals surface area contributed by atoms with Crippen molar-refractivity contribution in [3.63, 3.8) is 0 Å². The Morgan fingerprint density at radius 3 is 2.71 bits per heavy atom. The normalized spacial score (nSPS) is 14.5. The number of halogens is 1. The smallest absolute Gasteiger partial charge is 0.351 e. The van der Waals surface area contributed by atoms with Crippen LogP contribution in [0.4, 0.5) is 5.69 Å². The highest BCUT2D eigenvalue weighted by molar-refractivity contribution is 7.18. The van der Waals surface area contributed by atoms with Crippen molar-refractivity contribution < 1.29 is 24.2 Å². The highest BCUT2D eigenvalue weighted by Crippen LogP contribution is 2.46. The van der Waals surface area contributed by atoms with Gasteiger partial charge in [0.05, 0.1) is 12.0 Å². The highest BCUT2D eigenvalue weighted by atomic mass is 35.5. The van der Waals surface area contributed by atoms with Crippen LogP contribution in [-0.4, -0.2) is 36.8 Å². The Morgan fingerprint density at radius 2 is 2.04 bits per heavy atom. The molecule has 1 aliphatic rings. The van der Waals surface area contributed by atoms with Crippen LogP contribution in [0.5, 0.6) is 5.75 Å². The lowest BCUT2D eigenvalue weighted by molar-refractivity contribution is -0.137. The molecule has 1 aliphatic carbocycles. The SMILES string of the molecule is COC(=O)c1sc(-c2cccc(NC3CCCCC3)c2)c(Cl)c1OC(=O)CO. The number of nitrogens with one attached hydrogen (secondary N) is 1. The lowest BCUT2D eigenvalue weighted by atomic mass is 9.95. The summed E-state index contributed by atoms with van der Waals surface area (Å²) in [5.41, 5.74) is 1.77. The zero-order valence-electron chi connectivity index (χ0n) is 15.5. The van der Waals surface area contributed by atoms with E-state index in [9.17, 15) is 9.59 Å². The van der Waals surface area contributed by atoms with Crippen LogP contribution in [-0.2, 0) is 9.53 Å². The molecule has 0 amide bonds. The molecule has 0 atom stereocenters. The summed E-state index contributed by atoms with van der Waals surface area (Å²) in [6, 6.07) is 8.20. The molecule has 3 rings (SSSR count). The molecule has 28 heavy (non-hydrogen) atoms. The first kappa shape index (κ1) is 20.6. The van der Waals surface area contributed by atoms with Crippen molar-refractivity contribution in [1.82, 2.24) is 0 Å². The molecular formula is C20H22ClNO5S. The largest absolute Gasteiger partial charge is 0.465 e. The first-order valence-corrected chi connectivity index (χ1v) is 10.3. The Hall–Kier alpha value is -2.09. The lowest BCUT2D eigenvalue weighted by Gasteiger charge is -2.24. The average Bonchev–Trinajstić information content (AvgIpc) is 3.04. The third-order valence-electron chi connectivity index (χ3n) is 4.63. The fourth-order valence-electron chi connectivity index (χ4n) is 3.28. The van der Waals surface area contributed by atoms with Crippen molar-refractivity contribution >= 4 is 40.6 Å². The van der Waals surface area contributed by atoms with E-state index in [1.54, 1.807) is 0 Å². The third-order valence-corrected chi connectivity index (χ3v) is 6.30. The molecule has 150 valence electrons. The summed E-state index contributed by atoms with van der Waals surface area (Å²) in [4.78, 5) is 24.3. The summed E-state index contributed by atoms with van der Waals surface area (Å²) in [5, 5.41) is 12.7. The fourth-order valence-corrected chi connectivity index (χ4v) is 4.73. The molecule has 1 heterocycles. The average molecular weight is 424 g/mol. The van der Waals surface area contributed by atoms with Gasteiger partial charge in [0.25, 0.3) is 0 Å². The van der Waals surface area contributed by atoms with Crippen LogP contribution in [0.25, 0.3) is 10.4 Å². The number of rotatable bonds is 6. The van der Waals surface area contributed by atoms with Gasteiger partial charge in [-0.25, -0.2) is 9.59 Å². The highest BCUT2D eigenvalue weighted by Gasteiger charge is 2.27. The Morgan fingerprint density at radius 1 is 1.29 bits per heavy atom. The van der Waals surface area contributed by atoms with Gasteiger partial charge in [-0.1, -0.05) is 43.0 Å². The minimum Gasteiger partial charge on any atom is -0.465 e. The first-order chi connectivity index (χ1) is 13.5. The number of benzene rings is 1. The van der Waals surface area contributed by atoms with E-state index >= 15 is 0 Å². The van der Waals surface area contributed by atoms with Crippen LogP contribution >= 0.6 is 22.9 Å². The molecule has 0 saturated heterocycles. The van der Waals surface area contributed by atoms with Gasteiger partial charge >= 0.3 is 11.9 Å². The number of carbonyl (C=O) groups is 2. The maximum absolute atomic E-state index is 12.1. The number of carbonyl (C=O) groups excluding carboxylic acids is 2. The molecule has 2 aromatic rings. The van der Waals surface area contributed by atoms with Gasteiger partial charge in [-0.2, -0.15) is 0 Å². The molecule has 1 saturated carbocycles. The number of aliphatic hydroxyl groups excluding tert-OH is 1. The van der Waals surface area contributed by atoms with Crippen LogP contribution < -0.4 is 10.1 Å². The molecule has 0 bridgehead atoms.